The molecule has 0 aromatic heterocycles. The molecule has 0 heterocycles. The van der Waals surface area contributed by atoms with E-state index in [0.29, 0.717) is 29.7 Å². The first kappa shape index (κ1) is 22.6. The Hall–Kier alpha value is -2.73. The Balaban J connectivity index is 2.04. The van der Waals surface area contributed by atoms with Crippen molar-refractivity contribution in [2.24, 2.45) is 0 Å². The number of esters is 1. The Morgan fingerprint density at radius 2 is 1.90 bits per heavy atom. The second kappa shape index (κ2) is 10.7. The van der Waals surface area contributed by atoms with E-state index in [0.717, 1.165) is 12.0 Å². The lowest BCUT2D eigenvalue weighted by atomic mass is 9.97. The number of amides is 1. The highest BCUT2D eigenvalue weighted by Crippen LogP contribution is 2.36. The smallest absolute Gasteiger partial charge is 0.338 e. The van der Waals surface area contributed by atoms with Crippen LogP contribution in [-0.4, -0.2) is 32.2 Å². The quantitative estimate of drug-likeness (QED) is 0.575. The zero-order valence-corrected chi connectivity index (χ0v) is 17.8. The molecule has 6 nitrogen and oxygen atoms in total. The van der Waals surface area contributed by atoms with E-state index in [-0.39, 0.29) is 10.6 Å². The Kier molecular flexibility index (Phi) is 8.34. The Labute approximate surface area is 176 Å². The lowest BCUT2D eigenvalue weighted by Crippen LogP contribution is -2.21. The van der Waals surface area contributed by atoms with Gasteiger partial charge in [0.05, 0.1) is 24.3 Å². The molecular formula is C22H26ClNO5. The van der Waals surface area contributed by atoms with Crippen LogP contribution < -0.4 is 14.8 Å². The molecule has 0 bridgehead atoms. The molecule has 7 heteroatoms. The number of benzene rings is 2. The molecule has 2 aromatic rings. The molecule has 0 radical (unpaired) electrons. The fraction of sp³-hybridized carbons (Fsp3) is 0.364. The minimum atomic E-state index is -0.682. The predicted molar refractivity (Wildman–Crippen MR) is 113 cm³/mol. The third-order valence-corrected chi connectivity index (χ3v) is 4.75. The molecule has 1 amide bonds. The third kappa shape index (κ3) is 5.87. The average Bonchev–Trinajstić information content (AvgIpc) is 2.73. The van der Waals surface area contributed by atoms with Crippen LogP contribution in [0.25, 0.3) is 0 Å². The molecule has 0 spiro atoms. The minimum absolute atomic E-state index is 0.170. The van der Waals surface area contributed by atoms with Gasteiger partial charge in [-0.1, -0.05) is 43.6 Å². The number of para-hydroxylation sites is 1. The maximum Gasteiger partial charge on any atom is 0.338 e. The van der Waals surface area contributed by atoms with E-state index in [1.165, 1.54) is 19.2 Å². The molecule has 0 fully saturated rings. The first-order valence-corrected chi connectivity index (χ1v) is 9.85. The first-order valence-electron chi connectivity index (χ1n) is 9.47. The average molecular weight is 420 g/mol. The topological polar surface area (TPSA) is 73.9 Å². The number of halogens is 1. The van der Waals surface area contributed by atoms with Crippen molar-refractivity contribution in [3.63, 3.8) is 0 Å². The molecule has 0 saturated heterocycles. The number of carbonyl (C=O) groups excluding carboxylic acids is 2. The van der Waals surface area contributed by atoms with Gasteiger partial charge in [0.2, 0.25) is 0 Å². The number of rotatable bonds is 9. The molecule has 0 aliphatic carbocycles. The van der Waals surface area contributed by atoms with Crippen molar-refractivity contribution in [2.75, 3.05) is 25.6 Å². The maximum absolute atomic E-state index is 12.4. The number of hydrogen-bond acceptors (Lipinski definition) is 5. The molecular weight excluding hydrogens is 394 g/mol. The molecule has 0 aliphatic rings. The van der Waals surface area contributed by atoms with E-state index < -0.39 is 18.5 Å². The van der Waals surface area contributed by atoms with E-state index >= 15 is 0 Å². The lowest BCUT2D eigenvalue weighted by molar-refractivity contribution is -0.119. The molecule has 2 aromatic carbocycles. The van der Waals surface area contributed by atoms with Gasteiger partial charge in [-0.15, -0.1) is 0 Å². The standard InChI is InChI=1S/C22H26ClNO5/c1-5-14(3)16-9-7-8-10-18(16)24-20(25)13-29-22(26)15-11-17(23)21(28-6-2)19(12-15)27-4/h7-12,14H,5-6,13H2,1-4H3,(H,24,25)/t14-/m0/s1. The van der Waals surface area contributed by atoms with Crippen LogP contribution in [0.3, 0.4) is 0 Å². The van der Waals surface area contributed by atoms with Crippen molar-refractivity contribution >= 4 is 29.2 Å². The van der Waals surface area contributed by atoms with Crippen LogP contribution in [0.2, 0.25) is 5.02 Å². The van der Waals surface area contributed by atoms with E-state index in [1.54, 1.807) is 0 Å². The summed E-state index contributed by atoms with van der Waals surface area (Å²) < 4.78 is 15.8. The normalized spacial score (nSPS) is 11.5. The van der Waals surface area contributed by atoms with E-state index in [9.17, 15) is 9.59 Å². The molecule has 2 rings (SSSR count). The molecule has 0 unspecified atom stereocenters. The summed E-state index contributed by atoms with van der Waals surface area (Å²) >= 11 is 6.17. The summed E-state index contributed by atoms with van der Waals surface area (Å²) in [5.74, 6) is -0.130. The van der Waals surface area contributed by atoms with Gasteiger partial charge < -0.3 is 19.5 Å². The second-order valence-electron chi connectivity index (χ2n) is 6.44. The van der Waals surface area contributed by atoms with Crippen molar-refractivity contribution in [3.05, 3.63) is 52.5 Å². The second-order valence-corrected chi connectivity index (χ2v) is 6.85. The van der Waals surface area contributed by atoms with Gasteiger partial charge in [0, 0.05) is 5.69 Å². The Morgan fingerprint density at radius 3 is 2.55 bits per heavy atom. The van der Waals surface area contributed by atoms with Gasteiger partial charge in [-0.3, -0.25) is 4.79 Å². The molecule has 1 atom stereocenters. The van der Waals surface area contributed by atoms with Gasteiger partial charge in [-0.05, 0) is 43.0 Å². The fourth-order valence-corrected chi connectivity index (χ4v) is 3.05. The summed E-state index contributed by atoms with van der Waals surface area (Å²) in [7, 11) is 1.45. The highest BCUT2D eigenvalue weighted by molar-refractivity contribution is 6.32. The summed E-state index contributed by atoms with van der Waals surface area (Å²) in [6.45, 7) is 5.98. The molecule has 0 saturated carbocycles. The SMILES string of the molecule is CCOc1c(Cl)cc(C(=O)OCC(=O)Nc2ccccc2[C@@H](C)CC)cc1OC. The van der Waals surface area contributed by atoms with Crippen molar-refractivity contribution in [2.45, 2.75) is 33.1 Å². The molecule has 0 aliphatic heterocycles. The third-order valence-electron chi connectivity index (χ3n) is 4.47. The highest BCUT2D eigenvalue weighted by atomic mass is 35.5. The van der Waals surface area contributed by atoms with Crippen molar-refractivity contribution in [3.8, 4) is 11.5 Å². The monoisotopic (exact) mass is 419 g/mol. The maximum atomic E-state index is 12.4. The highest BCUT2D eigenvalue weighted by Gasteiger charge is 2.18. The van der Waals surface area contributed by atoms with Crippen molar-refractivity contribution in [1.82, 2.24) is 0 Å². The summed E-state index contributed by atoms with van der Waals surface area (Å²) in [4.78, 5) is 24.6. The molecule has 1 N–H and O–H groups in total. The zero-order valence-electron chi connectivity index (χ0n) is 17.1. The van der Waals surface area contributed by atoms with E-state index in [4.69, 9.17) is 25.8 Å². The fourth-order valence-electron chi connectivity index (χ4n) is 2.78. The van der Waals surface area contributed by atoms with Crippen LogP contribution in [0.15, 0.2) is 36.4 Å². The van der Waals surface area contributed by atoms with E-state index in [2.05, 4.69) is 19.2 Å². The zero-order chi connectivity index (χ0) is 21.4. The Morgan fingerprint density at radius 1 is 1.17 bits per heavy atom. The van der Waals surface area contributed by atoms with Gasteiger partial charge in [-0.25, -0.2) is 4.79 Å². The van der Waals surface area contributed by atoms with Crippen molar-refractivity contribution in [1.29, 1.82) is 0 Å². The lowest BCUT2D eigenvalue weighted by Gasteiger charge is -2.16. The largest absolute Gasteiger partial charge is 0.493 e. The summed E-state index contributed by atoms with van der Waals surface area (Å²) in [5, 5.41) is 3.03. The first-order chi connectivity index (χ1) is 13.9. The molecule has 156 valence electrons. The number of carbonyl (C=O) groups is 2. The summed E-state index contributed by atoms with van der Waals surface area (Å²) in [5.41, 5.74) is 1.93. The van der Waals surface area contributed by atoms with Crippen molar-refractivity contribution < 1.29 is 23.8 Å². The van der Waals surface area contributed by atoms with Crippen LogP contribution >= 0.6 is 11.6 Å². The van der Waals surface area contributed by atoms with Crippen LogP contribution in [-0.2, 0) is 9.53 Å². The number of anilines is 1. The van der Waals surface area contributed by atoms with Crippen LogP contribution in [0.5, 0.6) is 11.5 Å². The predicted octanol–water partition coefficient (Wildman–Crippen LogP) is 5.06. The summed E-state index contributed by atoms with van der Waals surface area (Å²) in [6, 6.07) is 10.5. The van der Waals surface area contributed by atoms with Gasteiger partial charge in [0.15, 0.2) is 18.1 Å². The van der Waals surface area contributed by atoms with Crippen LogP contribution in [0.1, 0.15) is 49.0 Å². The van der Waals surface area contributed by atoms with Crippen LogP contribution in [0, 0.1) is 0 Å². The van der Waals surface area contributed by atoms with Gasteiger partial charge in [0.25, 0.3) is 5.91 Å². The van der Waals surface area contributed by atoms with E-state index in [1.807, 2.05) is 31.2 Å². The van der Waals surface area contributed by atoms with Gasteiger partial charge >= 0.3 is 5.97 Å². The number of ether oxygens (including phenoxy) is 3. The molecule has 29 heavy (non-hydrogen) atoms. The van der Waals surface area contributed by atoms with Crippen LogP contribution in [0.4, 0.5) is 5.69 Å². The number of hydrogen-bond donors (Lipinski definition) is 1. The Bertz CT molecular complexity index is 868. The van der Waals surface area contributed by atoms with Gasteiger partial charge in [0.1, 0.15) is 0 Å². The number of nitrogens with one attached hydrogen (secondary N) is 1. The minimum Gasteiger partial charge on any atom is -0.493 e. The summed E-state index contributed by atoms with van der Waals surface area (Å²) in [6.07, 6.45) is 0.947. The van der Waals surface area contributed by atoms with Gasteiger partial charge in [-0.2, -0.15) is 0 Å². The number of methoxy groups -OCH3 is 1.